The molecule has 3 N–H and O–H groups in total. The van der Waals surface area contributed by atoms with Gasteiger partial charge in [-0.15, -0.1) is 0 Å². The van der Waals surface area contributed by atoms with Crippen LogP contribution in [0, 0.1) is 6.92 Å². The van der Waals surface area contributed by atoms with Crippen LogP contribution in [0.25, 0.3) is 11.1 Å². The molecule has 1 aromatic carbocycles. The summed E-state index contributed by atoms with van der Waals surface area (Å²) in [5, 5.41) is 13.0. The van der Waals surface area contributed by atoms with Crippen molar-refractivity contribution >= 4 is 17.3 Å². The van der Waals surface area contributed by atoms with Gasteiger partial charge in [0.2, 0.25) is 0 Å². The summed E-state index contributed by atoms with van der Waals surface area (Å²) in [6.07, 6.45) is -0.0495. The number of aliphatic carboxylic acids is 1. The van der Waals surface area contributed by atoms with E-state index in [4.69, 9.17) is 10.8 Å². The van der Waals surface area contributed by atoms with E-state index in [1.54, 1.807) is 11.3 Å². The number of nitrogens with two attached hydrogens (primary N) is 1. The van der Waals surface area contributed by atoms with Gasteiger partial charge in [0.25, 0.3) is 0 Å². The van der Waals surface area contributed by atoms with Gasteiger partial charge in [-0.25, -0.2) is 0 Å². The third-order valence-electron chi connectivity index (χ3n) is 2.88. The summed E-state index contributed by atoms with van der Waals surface area (Å²) in [6.45, 7) is 2.07. The number of thiophene rings is 1. The van der Waals surface area contributed by atoms with Gasteiger partial charge in [-0.3, -0.25) is 4.79 Å². The maximum atomic E-state index is 10.7. The predicted molar refractivity (Wildman–Crippen MR) is 73.7 cm³/mol. The van der Waals surface area contributed by atoms with Gasteiger partial charge >= 0.3 is 5.97 Å². The maximum absolute atomic E-state index is 10.7. The monoisotopic (exact) mass is 261 g/mol. The molecular formula is C14H15NO2S. The fourth-order valence-electron chi connectivity index (χ4n) is 1.90. The first-order chi connectivity index (χ1) is 8.58. The van der Waals surface area contributed by atoms with Gasteiger partial charge < -0.3 is 10.8 Å². The van der Waals surface area contributed by atoms with Crippen LogP contribution < -0.4 is 5.73 Å². The second kappa shape index (κ2) is 5.33. The lowest BCUT2D eigenvalue weighted by Gasteiger charge is -2.11. The molecule has 0 spiro atoms. The standard InChI is InChI=1S/C14H15NO2S/c1-9-7-18-8-12(9)10-3-2-4-11(5-10)13(15)6-14(16)17/h2-5,7-8,13H,6,15H2,1H3,(H,16,17)/t13-/m0/s1. The minimum absolute atomic E-state index is 0.0495. The zero-order valence-electron chi connectivity index (χ0n) is 10.1. The van der Waals surface area contributed by atoms with E-state index in [1.165, 1.54) is 11.1 Å². The zero-order valence-corrected chi connectivity index (χ0v) is 10.9. The Balaban J connectivity index is 2.31. The van der Waals surface area contributed by atoms with E-state index in [-0.39, 0.29) is 6.42 Å². The molecule has 94 valence electrons. The Morgan fingerprint density at radius 3 is 2.83 bits per heavy atom. The van der Waals surface area contributed by atoms with E-state index >= 15 is 0 Å². The molecule has 0 aliphatic carbocycles. The smallest absolute Gasteiger partial charge is 0.305 e. The van der Waals surface area contributed by atoms with Crippen molar-refractivity contribution in [2.45, 2.75) is 19.4 Å². The lowest BCUT2D eigenvalue weighted by Crippen LogP contribution is -2.14. The van der Waals surface area contributed by atoms with E-state index in [1.807, 2.05) is 24.3 Å². The van der Waals surface area contributed by atoms with E-state index in [9.17, 15) is 4.79 Å². The molecule has 0 radical (unpaired) electrons. The highest BCUT2D eigenvalue weighted by Crippen LogP contribution is 2.28. The van der Waals surface area contributed by atoms with Gasteiger partial charge in [-0.05, 0) is 46.0 Å². The van der Waals surface area contributed by atoms with E-state index < -0.39 is 12.0 Å². The lowest BCUT2D eigenvalue weighted by molar-refractivity contribution is -0.137. The quantitative estimate of drug-likeness (QED) is 0.888. The van der Waals surface area contributed by atoms with Crippen LogP contribution in [-0.2, 0) is 4.79 Å². The molecule has 0 saturated heterocycles. The number of hydrogen-bond acceptors (Lipinski definition) is 3. The number of rotatable bonds is 4. The van der Waals surface area contributed by atoms with Crippen LogP contribution in [0.3, 0.4) is 0 Å². The molecule has 1 aromatic heterocycles. The molecule has 0 aliphatic heterocycles. The number of carbonyl (C=O) groups is 1. The number of benzene rings is 1. The fraction of sp³-hybridized carbons (Fsp3) is 0.214. The van der Waals surface area contributed by atoms with Gasteiger partial charge in [-0.1, -0.05) is 18.2 Å². The van der Waals surface area contributed by atoms with E-state index in [2.05, 4.69) is 17.7 Å². The Bertz CT molecular complexity index is 562. The molecule has 1 heterocycles. The number of aryl methyl sites for hydroxylation is 1. The van der Waals surface area contributed by atoms with Crippen molar-refractivity contribution in [3.8, 4) is 11.1 Å². The largest absolute Gasteiger partial charge is 0.481 e. The van der Waals surface area contributed by atoms with Gasteiger partial charge in [0.1, 0.15) is 0 Å². The molecule has 0 amide bonds. The van der Waals surface area contributed by atoms with Crippen molar-refractivity contribution in [3.63, 3.8) is 0 Å². The Hall–Kier alpha value is -1.65. The molecule has 1 atom stereocenters. The maximum Gasteiger partial charge on any atom is 0.305 e. The summed E-state index contributed by atoms with van der Waals surface area (Å²) in [5.74, 6) is -0.875. The summed E-state index contributed by atoms with van der Waals surface area (Å²) < 4.78 is 0. The average Bonchev–Trinajstić information content (AvgIpc) is 2.75. The van der Waals surface area contributed by atoms with Crippen molar-refractivity contribution < 1.29 is 9.90 Å². The molecule has 2 rings (SSSR count). The highest BCUT2D eigenvalue weighted by molar-refractivity contribution is 7.08. The summed E-state index contributed by atoms with van der Waals surface area (Å²) in [4.78, 5) is 10.7. The van der Waals surface area contributed by atoms with Gasteiger partial charge in [0.15, 0.2) is 0 Å². The normalized spacial score (nSPS) is 12.3. The van der Waals surface area contributed by atoms with Crippen LogP contribution in [0.2, 0.25) is 0 Å². The SMILES string of the molecule is Cc1cscc1-c1cccc([C@@H](N)CC(=O)O)c1. The first-order valence-electron chi connectivity index (χ1n) is 5.68. The molecule has 0 bridgehead atoms. The molecule has 0 fully saturated rings. The number of carboxylic acids is 1. The third-order valence-corrected chi connectivity index (χ3v) is 3.74. The highest BCUT2D eigenvalue weighted by Gasteiger charge is 2.12. The van der Waals surface area contributed by atoms with Crippen LogP contribution in [-0.4, -0.2) is 11.1 Å². The lowest BCUT2D eigenvalue weighted by atomic mass is 9.98. The molecular weight excluding hydrogens is 246 g/mol. The molecule has 18 heavy (non-hydrogen) atoms. The summed E-state index contributed by atoms with van der Waals surface area (Å²) >= 11 is 1.66. The second-order valence-electron chi connectivity index (χ2n) is 4.30. The van der Waals surface area contributed by atoms with Crippen molar-refractivity contribution in [3.05, 3.63) is 46.2 Å². The van der Waals surface area contributed by atoms with Crippen LogP contribution in [0.4, 0.5) is 0 Å². The Morgan fingerprint density at radius 2 is 2.22 bits per heavy atom. The Morgan fingerprint density at radius 1 is 1.44 bits per heavy atom. The van der Waals surface area contributed by atoms with Crippen molar-refractivity contribution in [1.29, 1.82) is 0 Å². The Kier molecular flexibility index (Phi) is 3.79. The van der Waals surface area contributed by atoms with Crippen molar-refractivity contribution in [2.75, 3.05) is 0 Å². The predicted octanol–water partition coefficient (Wildman–Crippen LogP) is 3.20. The first-order valence-corrected chi connectivity index (χ1v) is 6.62. The van der Waals surface area contributed by atoms with Crippen LogP contribution >= 0.6 is 11.3 Å². The molecule has 3 nitrogen and oxygen atoms in total. The van der Waals surface area contributed by atoms with Crippen LogP contribution in [0.15, 0.2) is 35.0 Å². The molecule has 2 aromatic rings. The van der Waals surface area contributed by atoms with Crippen molar-refractivity contribution in [2.24, 2.45) is 5.73 Å². The molecule has 0 saturated carbocycles. The van der Waals surface area contributed by atoms with Crippen molar-refractivity contribution in [1.82, 2.24) is 0 Å². The average molecular weight is 261 g/mol. The molecule has 0 unspecified atom stereocenters. The number of carboxylic acid groups (broad SMARTS) is 1. The second-order valence-corrected chi connectivity index (χ2v) is 5.04. The van der Waals surface area contributed by atoms with E-state index in [0.29, 0.717) is 0 Å². The Labute approximate surface area is 110 Å². The fourth-order valence-corrected chi connectivity index (χ4v) is 2.76. The van der Waals surface area contributed by atoms with Crippen LogP contribution in [0.1, 0.15) is 23.6 Å². The summed E-state index contributed by atoms with van der Waals surface area (Å²) in [6, 6.07) is 7.33. The topological polar surface area (TPSA) is 63.3 Å². The number of hydrogen-bond donors (Lipinski definition) is 2. The van der Waals surface area contributed by atoms with E-state index in [0.717, 1.165) is 11.1 Å². The first kappa shape index (κ1) is 12.8. The molecule has 4 heteroatoms. The third kappa shape index (κ3) is 2.78. The zero-order chi connectivity index (χ0) is 13.1. The summed E-state index contributed by atoms with van der Waals surface area (Å²) in [5.41, 5.74) is 10.2. The minimum atomic E-state index is -0.875. The van der Waals surface area contributed by atoms with Crippen LogP contribution in [0.5, 0.6) is 0 Å². The van der Waals surface area contributed by atoms with Gasteiger partial charge in [0, 0.05) is 6.04 Å². The minimum Gasteiger partial charge on any atom is -0.481 e. The summed E-state index contributed by atoms with van der Waals surface area (Å²) in [7, 11) is 0. The van der Waals surface area contributed by atoms with Gasteiger partial charge in [0.05, 0.1) is 6.42 Å². The highest BCUT2D eigenvalue weighted by atomic mass is 32.1. The van der Waals surface area contributed by atoms with Gasteiger partial charge in [-0.2, -0.15) is 11.3 Å². The molecule has 0 aliphatic rings.